The highest BCUT2D eigenvalue weighted by Crippen LogP contribution is 2.56. The molecule has 4 heterocycles. The molecule has 5 heteroatoms. The number of benzene rings is 8. The zero-order chi connectivity index (χ0) is 52.3. The van der Waals surface area contributed by atoms with Crippen LogP contribution in [0.2, 0.25) is 0 Å². The lowest BCUT2D eigenvalue weighted by Gasteiger charge is -2.42. The molecule has 0 fully saturated rings. The van der Waals surface area contributed by atoms with Gasteiger partial charge in [0.2, 0.25) is 0 Å². The minimum atomic E-state index is -0.0971. The molecule has 0 saturated heterocycles. The molecule has 10 aromatic rings. The number of anilines is 6. The summed E-state index contributed by atoms with van der Waals surface area (Å²) < 4.78 is 5.55. The van der Waals surface area contributed by atoms with Crippen molar-refractivity contribution in [2.75, 3.05) is 9.80 Å². The van der Waals surface area contributed by atoms with Crippen molar-refractivity contribution >= 4 is 94.4 Å². The third-order valence-electron chi connectivity index (χ3n) is 17.4. The molecule has 2 aromatic heterocycles. The monoisotopic (exact) mass is 996 g/mol. The summed E-state index contributed by atoms with van der Waals surface area (Å²) in [4.78, 5) is 5.22. The molecule has 8 aromatic carbocycles. The number of thiophene rings is 1. The molecular weight excluding hydrogens is 926 g/mol. The Morgan fingerprint density at radius 3 is 1.64 bits per heavy atom. The lowest BCUT2D eigenvalue weighted by Crippen LogP contribution is -2.55. The van der Waals surface area contributed by atoms with Crippen LogP contribution >= 0.6 is 11.3 Å². The minimum Gasteiger partial charge on any atom is -0.375 e. The van der Waals surface area contributed by atoms with E-state index in [2.05, 4.69) is 268 Å². The molecule has 0 unspecified atom stereocenters. The van der Waals surface area contributed by atoms with Crippen molar-refractivity contribution in [2.24, 2.45) is 0 Å². The first kappa shape index (κ1) is 47.9. The summed E-state index contributed by atoms with van der Waals surface area (Å²) in [6.07, 6.45) is 2.33. The van der Waals surface area contributed by atoms with Crippen molar-refractivity contribution < 1.29 is 0 Å². The fourth-order valence-corrected chi connectivity index (χ4v) is 14.3. The topological polar surface area (TPSA) is 11.4 Å². The van der Waals surface area contributed by atoms with Gasteiger partial charge in [-0.2, -0.15) is 0 Å². The maximum atomic E-state index is 2.79. The van der Waals surface area contributed by atoms with Gasteiger partial charge in [0.15, 0.2) is 0 Å². The minimum absolute atomic E-state index is 0.0136. The molecule has 2 aliphatic heterocycles. The molecular formula is C70H70BN3S. The van der Waals surface area contributed by atoms with Gasteiger partial charge in [0.1, 0.15) is 0 Å². The Kier molecular flexibility index (Phi) is 10.4. The maximum Gasteiger partial charge on any atom is 0.343 e. The average molecular weight is 996 g/mol. The highest BCUT2D eigenvalue weighted by atomic mass is 32.1. The predicted octanol–water partition coefficient (Wildman–Crippen LogP) is 18.8. The quantitative estimate of drug-likeness (QED) is 0.159. The predicted molar refractivity (Wildman–Crippen MR) is 327 cm³/mol. The Morgan fingerprint density at radius 2 is 1.03 bits per heavy atom. The van der Waals surface area contributed by atoms with E-state index in [0.717, 1.165) is 23.5 Å². The molecule has 0 N–H and O–H groups in total. The smallest absolute Gasteiger partial charge is 0.343 e. The van der Waals surface area contributed by atoms with Crippen LogP contribution in [0.3, 0.4) is 0 Å². The Hall–Kier alpha value is -6.82. The Morgan fingerprint density at radius 1 is 0.480 bits per heavy atom. The van der Waals surface area contributed by atoms with Crippen LogP contribution in [0.4, 0.5) is 34.1 Å². The lowest BCUT2D eigenvalue weighted by molar-refractivity contribution is 0.332. The third-order valence-corrected chi connectivity index (χ3v) is 18.6. The molecule has 0 saturated carbocycles. The van der Waals surface area contributed by atoms with Gasteiger partial charge in [-0.3, -0.25) is 0 Å². The normalized spacial score (nSPS) is 15.6. The molecule has 1 aliphatic carbocycles. The zero-order valence-corrected chi connectivity index (χ0v) is 47.1. The number of nitrogens with zero attached hydrogens (tertiary/aromatic N) is 3. The first-order valence-electron chi connectivity index (χ1n) is 27.4. The van der Waals surface area contributed by atoms with Crippen molar-refractivity contribution in [3.63, 3.8) is 0 Å². The van der Waals surface area contributed by atoms with E-state index in [4.69, 9.17) is 0 Å². The summed E-state index contributed by atoms with van der Waals surface area (Å²) in [7, 11) is 0. The van der Waals surface area contributed by atoms with E-state index in [1.54, 1.807) is 0 Å². The fourth-order valence-electron chi connectivity index (χ4n) is 13.0. The molecule has 0 amide bonds. The van der Waals surface area contributed by atoms with E-state index in [1.807, 2.05) is 11.3 Å². The SMILES string of the molecule is CC(C)(C)c1ccc(N2c3cc(N(c4ccccc4)c4ccccc4)cc4c3B(c3sc5cc6c(cc5c32)C(C)(C)CCC6(C)C)n2c3ccc(C(C)(C)C)cc3c3cc(C(C)(C)C)cc-4c32)c(-c2ccccc2)c1. The number of hydrogen-bond acceptors (Lipinski definition) is 3. The van der Waals surface area contributed by atoms with Crippen LogP contribution in [0, 0.1) is 0 Å². The first-order chi connectivity index (χ1) is 35.6. The summed E-state index contributed by atoms with van der Waals surface area (Å²) >= 11 is 2.04. The molecule has 0 radical (unpaired) electrons. The Labute approximate surface area is 450 Å². The van der Waals surface area contributed by atoms with Crippen LogP contribution in [0.5, 0.6) is 0 Å². The number of rotatable bonds is 5. The van der Waals surface area contributed by atoms with Crippen LogP contribution in [0.15, 0.2) is 164 Å². The van der Waals surface area contributed by atoms with Crippen LogP contribution in [0.1, 0.15) is 131 Å². The van der Waals surface area contributed by atoms with Crippen molar-refractivity contribution in [3.8, 4) is 22.3 Å². The van der Waals surface area contributed by atoms with Gasteiger partial charge in [-0.05, 0) is 169 Å². The largest absolute Gasteiger partial charge is 0.375 e. The fraction of sp³-hybridized carbons (Fsp3) is 0.286. The van der Waals surface area contributed by atoms with E-state index in [1.165, 1.54) is 116 Å². The molecule has 0 bridgehead atoms. The summed E-state index contributed by atoms with van der Waals surface area (Å²) in [6.45, 7) is 31.1. The van der Waals surface area contributed by atoms with Crippen molar-refractivity contribution in [1.29, 1.82) is 0 Å². The molecule has 13 rings (SSSR count). The highest BCUT2D eigenvalue weighted by Gasteiger charge is 2.47. The summed E-state index contributed by atoms with van der Waals surface area (Å²) in [5.41, 5.74) is 23.1. The van der Waals surface area contributed by atoms with Gasteiger partial charge in [-0.1, -0.05) is 169 Å². The molecule has 374 valence electrons. The number of fused-ring (bicyclic) bond motifs is 10. The molecule has 0 spiro atoms. The van der Waals surface area contributed by atoms with Crippen molar-refractivity contribution in [2.45, 2.75) is 130 Å². The van der Waals surface area contributed by atoms with E-state index in [9.17, 15) is 0 Å². The first-order valence-corrected chi connectivity index (χ1v) is 28.2. The Bertz CT molecular complexity index is 3910. The van der Waals surface area contributed by atoms with E-state index in [-0.39, 0.29) is 33.9 Å². The number of para-hydroxylation sites is 2. The summed E-state index contributed by atoms with van der Waals surface area (Å²) in [5.74, 6) is 0. The Balaban J connectivity index is 1.25. The van der Waals surface area contributed by atoms with Gasteiger partial charge in [-0.15, -0.1) is 11.3 Å². The van der Waals surface area contributed by atoms with Crippen LogP contribution in [-0.4, -0.2) is 11.3 Å². The van der Waals surface area contributed by atoms with Gasteiger partial charge < -0.3 is 14.3 Å². The second-order valence-corrected chi connectivity index (χ2v) is 27.6. The van der Waals surface area contributed by atoms with E-state index in [0.29, 0.717) is 0 Å². The second-order valence-electron chi connectivity index (χ2n) is 26.5. The standard InChI is InChI=1S/C70H70BN3S/c1-66(2,3)44-29-31-58(50(35-44)43-23-17-14-18-24-43)73-60-40-49(72(47-25-19-15-20-26-47)48-27-21-16-22-28-48)39-52-54-38-46(68(7,8)9)37-53-51-36-45(67(4,5)6)30-32-59(51)74(63(53)54)71(62(52)60)65-64(73)55-41-56-57(42-61(55)75-65)70(12,13)34-33-69(56,10)11/h14-32,35-42H,33-34H2,1-13H3. The van der Waals surface area contributed by atoms with Crippen molar-refractivity contribution in [3.05, 3.63) is 192 Å². The summed E-state index contributed by atoms with van der Waals surface area (Å²) in [5, 5.41) is 4.02. The zero-order valence-electron chi connectivity index (χ0n) is 46.3. The van der Waals surface area contributed by atoms with Gasteiger partial charge in [-0.25, -0.2) is 0 Å². The van der Waals surface area contributed by atoms with Crippen LogP contribution in [-0.2, 0) is 27.1 Å². The third kappa shape index (κ3) is 7.42. The average Bonchev–Trinajstić information content (AvgIpc) is 3.98. The van der Waals surface area contributed by atoms with Crippen molar-refractivity contribution in [1.82, 2.24) is 4.48 Å². The van der Waals surface area contributed by atoms with Gasteiger partial charge in [0.25, 0.3) is 0 Å². The molecule has 3 aliphatic rings. The van der Waals surface area contributed by atoms with Crippen LogP contribution < -0.4 is 20.0 Å². The van der Waals surface area contributed by atoms with Gasteiger partial charge in [0, 0.05) is 70.5 Å². The van der Waals surface area contributed by atoms with Gasteiger partial charge in [0.05, 0.1) is 11.4 Å². The number of hydrogen-bond donors (Lipinski definition) is 0. The molecule has 0 atom stereocenters. The maximum absolute atomic E-state index is 2.79. The van der Waals surface area contributed by atoms with E-state index >= 15 is 0 Å². The van der Waals surface area contributed by atoms with Crippen LogP contribution in [0.25, 0.3) is 54.1 Å². The number of aromatic nitrogens is 1. The molecule has 75 heavy (non-hydrogen) atoms. The lowest BCUT2D eigenvalue weighted by atomic mass is 9.48. The van der Waals surface area contributed by atoms with Gasteiger partial charge >= 0.3 is 6.85 Å². The molecule has 3 nitrogen and oxygen atoms in total. The van der Waals surface area contributed by atoms with E-state index < -0.39 is 0 Å². The second kappa shape index (κ2) is 16.3. The highest BCUT2D eigenvalue weighted by molar-refractivity contribution is 7.32. The summed E-state index contributed by atoms with van der Waals surface area (Å²) in [6, 6.07) is 63.4.